The van der Waals surface area contributed by atoms with E-state index >= 15 is 0 Å². The van der Waals surface area contributed by atoms with Crippen molar-refractivity contribution < 1.29 is 13.2 Å². The predicted molar refractivity (Wildman–Crippen MR) is 43.5 cm³/mol. The smallest absolute Gasteiger partial charge is 0.375 e. The summed E-state index contributed by atoms with van der Waals surface area (Å²) in [5.74, 6) is 0. The maximum absolute atomic E-state index is 11.8. The number of hydrogen-bond donors (Lipinski definition) is 1. The van der Waals surface area contributed by atoms with E-state index in [-0.39, 0.29) is 11.4 Å². The summed E-state index contributed by atoms with van der Waals surface area (Å²) in [6, 6.07) is 4.48. The van der Waals surface area contributed by atoms with E-state index in [0.717, 1.165) is 0 Å². The number of anilines is 1. The highest BCUT2D eigenvalue weighted by atomic mass is 19.4. The fourth-order valence-electron chi connectivity index (χ4n) is 0.767. The lowest BCUT2D eigenvalue weighted by molar-refractivity contribution is -0.115. The van der Waals surface area contributed by atoms with Gasteiger partial charge in [0.25, 0.3) is 0 Å². The zero-order chi connectivity index (χ0) is 10.6. The number of halogens is 3. The summed E-state index contributed by atoms with van der Waals surface area (Å²) in [7, 11) is 0. The minimum Gasteiger partial charge on any atom is -0.375 e. The molecular formula is C8H6F3N3. The molecule has 1 aromatic rings. The molecule has 1 aromatic heterocycles. The van der Waals surface area contributed by atoms with Crippen molar-refractivity contribution in [2.24, 2.45) is 0 Å². The maximum Gasteiger partial charge on any atom is 0.405 e. The molecule has 0 unspecified atom stereocenters. The Hall–Kier alpha value is -1.77. The van der Waals surface area contributed by atoms with Crippen molar-refractivity contribution in [2.45, 2.75) is 6.18 Å². The highest BCUT2D eigenvalue weighted by molar-refractivity contribution is 5.42. The van der Waals surface area contributed by atoms with Crippen LogP contribution in [0.15, 0.2) is 18.3 Å². The van der Waals surface area contributed by atoms with E-state index in [0.29, 0.717) is 0 Å². The molecule has 0 aromatic carbocycles. The fourth-order valence-corrected chi connectivity index (χ4v) is 0.767. The molecule has 74 valence electrons. The average Bonchev–Trinajstić information content (AvgIpc) is 2.14. The van der Waals surface area contributed by atoms with Crippen LogP contribution in [-0.2, 0) is 0 Å². The third-order valence-corrected chi connectivity index (χ3v) is 1.37. The Labute approximate surface area is 78.2 Å². The van der Waals surface area contributed by atoms with Gasteiger partial charge in [0.1, 0.15) is 18.3 Å². The van der Waals surface area contributed by atoms with E-state index in [2.05, 4.69) is 10.3 Å². The van der Waals surface area contributed by atoms with Crippen LogP contribution in [0.3, 0.4) is 0 Å². The van der Waals surface area contributed by atoms with Crippen LogP contribution in [0.1, 0.15) is 5.69 Å². The fraction of sp³-hybridized carbons (Fsp3) is 0.250. The van der Waals surface area contributed by atoms with Crippen LogP contribution in [0.25, 0.3) is 0 Å². The number of hydrogen-bond acceptors (Lipinski definition) is 3. The average molecular weight is 201 g/mol. The van der Waals surface area contributed by atoms with Crippen LogP contribution in [-0.4, -0.2) is 17.7 Å². The summed E-state index contributed by atoms with van der Waals surface area (Å²) < 4.78 is 35.3. The number of rotatable bonds is 2. The van der Waals surface area contributed by atoms with Gasteiger partial charge in [0.2, 0.25) is 0 Å². The van der Waals surface area contributed by atoms with E-state index < -0.39 is 12.7 Å². The van der Waals surface area contributed by atoms with Crippen molar-refractivity contribution in [2.75, 3.05) is 11.9 Å². The van der Waals surface area contributed by atoms with Gasteiger partial charge in [-0.15, -0.1) is 0 Å². The summed E-state index contributed by atoms with van der Waals surface area (Å²) in [6.07, 6.45) is -3.07. The van der Waals surface area contributed by atoms with Crippen molar-refractivity contribution in [1.29, 1.82) is 5.26 Å². The standard InChI is InChI=1S/C8H6F3N3/c9-8(10,11)5-14-7-2-1-6(3-12)13-4-7/h1-2,4,14H,5H2. The quantitative estimate of drug-likeness (QED) is 0.795. The number of nitrogens with zero attached hydrogens (tertiary/aromatic N) is 2. The number of nitrogens with one attached hydrogen (secondary N) is 1. The molecule has 6 heteroatoms. The topological polar surface area (TPSA) is 48.7 Å². The number of pyridine rings is 1. The summed E-state index contributed by atoms with van der Waals surface area (Å²) in [5.41, 5.74) is 0.406. The van der Waals surface area contributed by atoms with Crippen LogP contribution < -0.4 is 5.32 Å². The minimum atomic E-state index is -4.26. The van der Waals surface area contributed by atoms with Crippen LogP contribution in [0.5, 0.6) is 0 Å². The second-order valence-electron chi connectivity index (χ2n) is 2.51. The van der Waals surface area contributed by atoms with Gasteiger partial charge in [-0.05, 0) is 12.1 Å². The molecule has 0 saturated heterocycles. The van der Waals surface area contributed by atoms with Crippen LogP contribution in [0, 0.1) is 11.3 Å². The molecule has 0 atom stereocenters. The minimum absolute atomic E-state index is 0.169. The largest absolute Gasteiger partial charge is 0.405 e. The highest BCUT2D eigenvalue weighted by Gasteiger charge is 2.26. The maximum atomic E-state index is 11.8. The van der Waals surface area contributed by atoms with E-state index in [1.807, 2.05) is 0 Å². The van der Waals surface area contributed by atoms with E-state index in [1.165, 1.54) is 18.3 Å². The first kappa shape index (κ1) is 10.3. The Morgan fingerprint density at radius 1 is 1.43 bits per heavy atom. The Bertz CT molecular complexity index is 336. The first-order valence-electron chi connectivity index (χ1n) is 3.68. The molecule has 0 aliphatic heterocycles. The van der Waals surface area contributed by atoms with Gasteiger partial charge in [0.05, 0.1) is 11.9 Å². The van der Waals surface area contributed by atoms with Gasteiger partial charge in [0, 0.05) is 0 Å². The Morgan fingerprint density at radius 3 is 2.57 bits per heavy atom. The molecule has 3 nitrogen and oxygen atoms in total. The van der Waals surface area contributed by atoms with E-state index in [4.69, 9.17) is 5.26 Å². The number of aromatic nitrogens is 1. The molecule has 0 aliphatic rings. The molecule has 0 aliphatic carbocycles. The Balaban J connectivity index is 2.58. The molecule has 0 saturated carbocycles. The molecule has 0 spiro atoms. The monoisotopic (exact) mass is 201 g/mol. The molecule has 0 bridgehead atoms. The number of alkyl halides is 3. The van der Waals surface area contributed by atoms with Gasteiger partial charge in [0.15, 0.2) is 0 Å². The van der Waals surface area contributed by atoms with Crippen LogP contribution in [0.4, 0.5) is 18.9 Å². The second kappa shape index (κ2) is 3.96. The van der Waals surface area contributed by atoms with Crippen molar-refractivity contribution in [3.63, 3.8) is 0 Å². The second-order valence-corrected chi connectivity index (χ2v) is 2.51. The van der Waals surface area contributed by atoms with E-state index in [9.17, 15) is 13.2 Å². The summed E-state index contributed by atoms with van der Waals surface area (Å²) >= 11 is 0. The lowest BCUT2D eigenvalue weighted by Crippen LogP contribution is -2.21. The third kappa shape index (κ3) is 3.31. The molecule has 0 fully saturated rings. The van der Waals surface area contributed by atoms with E-state index in [1.54, 1.807) is 6.07 Å². The van der Waals surface area contributed by atoms with Gasteiger partial charge >= 0.3 is 6.18 Å². The van der Waals surface area contributed by atoms with Crippen molar-refractivity contribution >= 4 is 5.69 Å². The SMILES string of the molecule is N#Cc1ccc(NCC(F)(F)F)cn1. The van der Waals surface area contributed by atoms with Gasteiger partial charge in [-0.1, -0.05) is 0 Å². The third-order valence-electron chi connectivity index (χ3n) is 1.37. The number of nitriles is 1. The molecule has 1 rings (SSSR count). The van der Waals surface area contributed by atoms with Crippen LogP contribution in [0.2, 0.25) is 0 Å². The highest BCUT2D eigenvalue weighted by Crippen LogP contribution is 2.15. The molecule has 0 amide bonds. The van der Waals surface area contributed by atoms with Gasteiger partial charge in [-0.2, -0.15) is 18.4 Å². The molecule has 1 N–H and O–H groups in total. The van der Waals surface area contributed by atoms with Crippen molar-refractivity contribution in [3.8, 4) is 6.07 Å². The molecule has 14 heavy (non-hydrogen) atoms. The predicted octanol–water partition coefficient (Wildman–Crippen LogP) is 1.93. The summed E-state index contributed by atoms with van der Waals surface area (Å²) in [5, 5.41) is 10.5. The molecule has 1 heterocycles. The summed E-state index contributed by atoms with van der Waals surface area (Å²) in [6.45, 7) is -1.11. The summed E-state index contributed by atoms with van der Waals surface area (Å²) in [4.78, 5) is 3.61. The Morgan fingerprint density at radius 2 is 2.14 bits per heavy atom. The molecule has 0 radical (unpaired) electrons. The zero-order valence-corrected chi connectivity index (χ0v) is 6.97. The first-order chi connectivity index (χ1) is 6.51. The van der Waals surface area contributed by atoms with Crippen molar-refractivity contribution in [3.05, 3.63) is 24.0 Å². The lowest BCUT2D eigenvalue weighted by atomic mass is 10.3. The van der Waals surface area contributed by atoms with Gasteiger partial charge in [-0.25, -0.2) is 4.98 Å². The zero-order valence-electron chi connectivity index (χ0n) is 6.97. The Kier molecular flexibility index (Phi) is 2.92. The van der Waals surface area contributed by atoms with Gasteiger partial charge in [-0.3, -0.25) is 0 Å². The molecular weight excluding hydrogens is 195 g/mol. The van der Waals surface area contributed by atoms with Crippen molar-refractivity contribution in [1.82, 2.24) is 4.98 Å². The van der Waals surface area contributed by atoms with Crippen LogP contribution >= 0.6 is 0 Å². The van der Waals surface area contributed by atoms with Gasteiger partial charge < -0.3 is 5.32 Å². The normalized spacial score (nSPS) is 10.7. The lowest BCUT2D eigenvalue weighted by Gasteiger charge is -2.08. The first-order valence-corrected chi connectivity index (χ1v) is 3.68.